The predicted molar refractivity (Wildman–Crippen MR) is 103 cm³/mol. The summed E-state index contributed by atoms with van der Waals surface area (Å²) in [6.07, 6.45) is 3.89. The molecule has 3 rings (SSSR count). The monoisotopic (exact) mass is 388 g/mol. The van der Waals surface area contributed by atoms with E-state index in [1.807, 2.05) is 30.3 Å². The molecule has 7 nitrogen and oxygen atoms in total. The van der Waals surface area contributed by atoms with E-state index in [2.05, 4.69) is 0 Å². The zero-order valence-electron chi connectivity index (χ0n) is 16.1. The summed E-state index contributed by atoms with van der Waals surface area (Å²) in [4.78, 5) is 40.2. The molecule has 0 bridgehead atoms. The van der Waals surface area contributed by atoms with Crippen LogP contribution >= 0.6 is 0 Å². The molecule has 7 heteroatoms. The molecular weight excluding hydrogens is 360 g/mol. The van der Waals surface area contributed by atoms with Crippen LogP contribution in [0.1, 0.15) is 38.5 Å². The van der Waals surface area contributed by atoms with Crippen molar-refractivity contribution in [3.63, 3.8) is 0 Å². The molecule has 0 aromatic heterocycles. The number of amides is 2. The number of nitrogens with zero attached hydrogens (tertiary/aromatic N) is 2. The summed E-state index contributed by atoms with van der Waals surface area (Å²) in [5, 5.41) is 9.41. The van der Waals surface area contributed by atoms with Crippen LogP contribution in [0.5, 0.6) is 5.75 Å². The summed E-state index contributed by atoms with van der Waals surface area (Å²) in [5.74, 6) is -0.665. The third-order valence-corrected chi connectivity index (χ3v) is 5.52. The molecule has 2 amide bonds. The molecule has 2 fully saturated rings. The van der Waals surface area contributed by atoms with Crippen LogP contribution in [0.15, 0.2) is 30.3 Å². The van der Waals surface area contributed by atoms with Gasteiger partial charge in [-0.05, 0) is 44.2 Å². The highest BCUT2D eigenvalue weighted by atomic mass is 16.5. The Morgan fingerprint density at radius 2 is 1.82 bits per heavy atom. The van der Waals surface area contributed by atoms with Gasteiger partial charge in [0.05, 0.1) is 18.9 Å². The molecule has 2 aliphatic rings. The van der Waals surface area contributed by atoms with Gasteiger partial charge in [-0.15, -0.1) is 0 Å². The van der Waals surface area contributed by atoms with Crippen molar-refractivity contribution in [1.29, 1.82) is 0 Å². The van der Waals surface area contributed by atoms with Gasteiger partial charge in [-0.3, -0.25) is 9.59 Å². The molecule has 28 heavy (non-hydrogen) atoms. The topological polar surface area (TPSA) is 87.2 Å². The number of likely N-dealkylation sites (tertiary alicyclic amines) is 2. The first kappa shape index (κ1) is 20.2. The van der Waals surface area contributed by atoms with Crippen molar-refractivity contribution >= 4 is 17.8 Å². The normalized spacial score (nSPS) is 22.6. The van der Waals surface area contributed by atoms with Crippen LogP contribution in [0.4, 0.5) is 0 Å². The van der Waals surface area contributed by atoms with Gasteiger partial charge in [-0.1, -0.05) is 18.2 Å². The van der Waals surface area contributed by atoms with Crippen molar-refractivity contribution in [2.75, 3.05) is 26.2 Å². The average Bonchev–Trinajstić information content (AvgIpc) is 2.74. The van der Waals surface area contributed by atoms with Crippen molar-refractivity contribution in [3.8, 4) is 5.75 Å². The first-order valence-electron chi connectivity index (χ1n) is 10.0. The van der Waals surface area contributed by atoms with Crippen LogP contribution < -0.4 is 4.74 Å². The van der Waals surface area contributed by atoms with Crippen LogP contribution in [-0.2, 0) is 14.4 Å². The number of para-hydroxylation sites is 1. The number of hydrogen-bond donors (Lipinski definition) is 1. The van der Waals surface area contributed by atoms with E-state index in [0.29, 0.717) is 39.1 Å². The summed E-state index contributed by atoms with van der Waals surface area (Å²) < 4.78 is 5.59. The van der Waals surface area contributed by atoms with Crippen molar-refractivity contribution in [2.45, 2.75) is 44.6 Å². The fourth-order valence-corrected chi connectivity index (χ4v) is 4.02. The second kappa shape index (κ2) is 9.57. The molecule has 2 atom stereocenters. The molecule has 0 saturated carbocycles. The smallest absolute Gasteiger partial charge is 0.326 e. The van der Waals surface area contributed by atoms with Crippen molar-refractivity contribution in [3.05, 3.63) is 30.3 Å². The van der Waals surface area contributed by atoms with Crippen molar-refractivity contribution in [2.24, 2.45) is 5.92 Å². The van der Waals surface area contributed by atoms with Gasteiger partial charge in [0.25, 0.3) is 0 Å². The number of benzene rings is 1. The molecular formula is C21H28N2O5. The minimum Gasteiger partial charge on any atom is -0.493 e. The molecule has 0 radical (unpaired) electrons. The second-order valence-corrected chi connectivity index (χ2v) is 7.47. The fourth-order valence-electron chi connectivity index (χ4n) is 4.02. The largest absolute Gasteiger partial charge is 0.493 e. The Bertz CT molecular complexity index is 693. The minimum atomic E-state index is -0.935. The number of carboxylic acids is 1. The number of ether oxygens (including phenoxy) is 1. The highest BCUT2D eigenvalue weighted by molar-refractivity contribution is 5.86. The fraction of sp³-hybridized carbons (Fsp3) is 0.571. The predicted octanol–water partition coefficient (Wildman–Crippen LogP) is 2.16. The quantitative estimate of drug-likeness (QED) is 0.807. The lowest BCUT2D eigenvalue weighted by Gasteiger charge is -2.38. The van der Waals surface area contributed by atoms with E-state index in [9.17, 15) is 19.5 Å². The Morgan fingerprint density at radius 3 is 2.57 bits per heavy atom. The number of aliphatic carboxylic acids is 1. The molecule has 0 spiro atoms. The first-order chi connectivity index (χ1) is 13.6. The molecule has 2 aliphatic heterocycles. The third kappa shape index (κ3) is 5.03. The van der Waals surface area contributed by atoms with Crippen LogP contribution in [0.3, 0.4) is 0 Å². The van der Waals surface area contributed by atoms with Gasteiger partial charge in [-0.2, -0.15) is 0 Å². The number of rotatable bonds is 6. The number of hydrogen-bond acceptors (Lipinski definition) is 4. The van der Waals surface area contributed by atoms with Crippen molar-refractivity contribution in [1.82, 2.24) is 9.80 Å². The number of carbonyl (C=O) groups excluding carboxylic acids is 2. The van der Waals surface area contributed by atoms with Gasteiger partial charge in [0, 0.05) is 19.6 Å². The molecule has 152 valence electrons. The van der Waals surface area contributed by atoms with Gasteiger partial charge in [0.15, 0.2) is 0 Å². The highest BCUT2D eigenvalue weighted by Crippen LogP contribution is 2.25. The van der Waals surface area contributed by atoms with Gasteiger partial charge in [0.2, 0.25) is 11.8 Å². The van der Waals surface area contributed by atoms with E-state index in [-0.39, 0.29) is 24.2 Å². The molecule has 1 N–H and O–H groups in total. The van der Waals surface area contributed by atoms with Gasteiger partial charge < -0.3 is 19.6 Å². The summed E-state index contributed by atoms with van der Waals surface area (Å²) in [6, 6.07) is 8.62. The van der Waals surface area contributed by atoms with Crippen LogP contribution in [0.25, 0.3) is 0 Å². The maximum Gasteiger partial charge on any atom is 0.326 e. The third-order valence-electron chi connectivity index (χ3n) is 5.52. The second-order valence-electron chi connectivity index (χ2n) is 7.47. The minimum absolute atomic E-state index is 0.0261. The summed E-state index contributed by atoms with van der Waals surface area (Å²) in [7, 11) is 0. The van der Waals surface area contributed by atoms with Crippen LogP contribution in [0.2, 0.25) is 0 Å². The Hall–Kier alpha value is -2.57. The zero-order chi connectivity index (χ0) is 19.9. The Balaban J connectivity index is 1.52. The molecule has 0 aliphatic carbocycles. The van der Waals surface area contributed by atoms with E-state index >= 15 is 0 Å². The maximum absolute atomic E-state index is 12.9. The lowest BCUT2D eigenvalue weighted by atomic mass is 9.93. The van der Waals surface area contributed by atoms with E-state index in [1.54, 1.807) is 4.90 Å². The standard InChI is InChI=1S/C21H28N2O5/c24-19(11-14-28-17-8-2-1-3-9-17)22-12-6-7-16(15-22)20(25)23-13-5-4-10-18(23)21(26)27/h1-3,8-9,16,18H,4-7,10-15H2,(H,26,27)/t16?,18-/m1/s1. The zero-order valence-corrected chi connectivity index (χ0v) is 16.1. The first-order valence-corrected chi connectivity index (χ1v) is 10.0. The van der Waals surface area contributed by atoms with Gasteiger partial charge >= 0.3 is 5.97 Å². The van der Waals surface area contributed by atoms with Crippen LogP contribution in [-0.4, -0.2) is 65.0 Å². The summed E-state index contributed by atoms with van der Waals surface area (Å²) >= 11 is 0. The van der Waals surface area contributed by atoms with E-state index in [1.165, 1.54) is 4.90 Å². The SMILES string of the molecule is O=C(O)[C@H]1CCCCN1C(=O)C1CCCN(C(=O)CCOc2ccccc2)C1. The van der Waals surface area contributed by atoms with Gasteiger partial charge in [-0.25, -0.2) is 4.79 Å². The average molecular weight is 388 g/mol. The molecule has 1 aromatic carbocycles. The van der Waals surface area contributed by atoms with Crippen molar-refractivity contribution < 1.29 is 24.2 Å². The Labute approximate surface area is 165 Å². The highest BCUT2D eigenvalue weighted by Gasteiger charge is 2.37. The summed E-state index contributed by atoms with van der Waals surface area (Å²) in [5.41, 5.74) is 0. The molecule has 1 unspecified atom stereocenters. The van der Waals surface area contributed by atoms with E-state index in [4.69, 9.17) is 4.74 Å². The Morgan fingerprint density at radius 1 is 1.04 bits per heavy atom. The lowest BCUT2D eigenvalue weighted by molar-refractivity contribution is -0.155. The number of carbonyl (C=O) groups is 3. The number of piperidine rings is 2. The summed E-state index contributed by atoms with van der Waals surface area (Å²) in [6.45, 7) is 1.79. The maximum atomic E-state index is 12.9. The van der Waals surface area contributed by atoms with E-state index in [0.717, 1.165) is 25.0 Å². The molecule has 2 heterocycles. The van der Waals surface area contributed by atoms with Crippen LogP contribution in [0, 0.1) is 5.92 Å². The van der Waals surface area contributed by atoms with Gasteiger partial charge in [0.1, 0.15) is 11.8 Å². The van der Waals surface area contributed by atoms with E-state index < -0.39 is 12.0 Å². The number of carboxylic acid groups (broad SMARTS) is 1. The molecule has 2 saturated heterocycles. The molecule has 1 aromatic rings. The Kier molecular flexibility index (Phi) is 6.90. The lowest BCUT2D eigenvalue weighted by Crippen LogP contribution is -2.53.